The molecule has 0 spiro atoms. The van der Waals surface area contributed by atoms with Crippen LogP contribution in [0.1, 0.15) is 24.1 Å². The Morgan fingerprint density at radius 2 is 1.64 bits per heavy atom. The van der Waals surface area contributed by atoms with Crippen LogP contribution in [0.25, 0.3) is 0 Å². The molecule has 0 aliphatic rings. The van der Waals surface area contributed by atoms with Gasteiger partial charge in [-0.15, -0.1) is 0 Å². The minimum atomic E-state index is -3.22. The summed E-state index contributed by atoms with van der Waals surface area (Å²) < 4.78 is 28.6. The highest BCUT2D eigenvalue weighted by Gasteiger charge is 2.18. The van der Waals surface area contributed by atoms with Crippen molar-refractivity contribution >= 4 is 15.7 Å². The Morgan fingerprint density at radius 3 is 2.16 bits per heavy atom. The molecule has 25 heavy (non-hydrogen) atoms. The lowest BCUT2D eigenvalue weighted by molar-refractivity contribution is -0.134. The molecule has 2 aromatic rings. The van der Waals surface area contributed by atoms with Crippen molar-refractivity contribution in [2.24, 2.45) is 0 Å². The van der Waals surface area contributed by atoms with Crippen molar-refractivity contribution in [2.45, 2.75) is 24.8 Å². The largest absolute Gasteiger partial charge is 0.484 e. The number of benzene rings is 2. The maximum atomic E-state index is 12.3. The van der Waals surface area contributed by atoms with Crippen LogP contribution < -0.4 is 4.74 Å². The lowest BCUT2D eigenvalue weighted by Crippen LogP contribution is -2.33. The third-order valence-electron chi connectivity index (χ3n) is 4.15. The van der Waals surface area contributed by atoms with E-state index in [0.717, 1.165) is 11.1 Å². The molecule has 0 fully saturated rings. The van der Waals surface area contributed by atoms with Gasteiger partial charge >= 0.3 is 0 Å². The first-order valence-corrected chi connectivity index (χ1v) is 9.83. The van der Waals surface area contributed by atoms with E-state index in [2.05, 4.69) is 0 Å². The number of aryl methyl sites for hydroxylation is 1. The van der Waals surface area contributed by atoms with Crippen LogP contribution in [-0.4, -0.2) is 39.1 Å². The molecule has 0 heterocycles. The Kier molecular flexibility index (Phi) is 5.85. The number of rotatable bonds is 6. The fraction of sp³-hybridized carbons (Fsp3) is 0.316. The van der Waals surface area contributed by atoms with E-state index in [-0.39, 0.29) is 23.5 Å². The van der Waals surface area contributed by atoms with E-state index in [4.69, 9.17) is 4.74 Å². The molecule has 1 atom stereocenters. The van der Waals surface area contributed by atoms with Crippen molar-refractivity contribution in [3.8, 4) is 5.75 Å². The summed E-state index contributed by atoms with van der Waals surface area (Å²) in [6.45, 7) is 3.82. The highest BCUT2D eigenvalue weighted by molar-refractivity contribution is 7.90. The topological polar surface area (TPSA) is 63.7 Å². The summed E-state index contributed by atoms with van der Waals surface area (Å²) >= 11 is 0. The van der Waals surface area contributed by atoms with E-state index in [9.17, 15) is 13.2 Å². The molecule has 0 bridgehead atoms. The molecule has 0 aliphatic carbocycles. The van der Waals surface area contributed by atoms with Crippen LogP contribution in [0.3, 0.4) is 0 Å². The van der Waals surface area contributed by atoms with Gasteiger partial charge in [0.2, 0.25) is 0 Å². The van der Waals surface area contributed by atoms with Crippen molar-refractivity contribution in [1.29, 1.82) is 0 Å². The quantitative estimate of drug-likeness (QED) is 0.793. The van der Waals surface area contributed by atoms with Crippen LogP contribution in [0.5, 0.6) is 5.75 Å². The highest BCUT2D eigenvalue weighted by atomic mass is 32.2. The van der Waals surface area contributed by atoms with Gasteiger partial charge in [0.25, 0.3) is 5.91 Å². The molecule has 6 heteroatoms. The average Bonchev–Trinajstić information content (AvgIpc) is 2.59. The molecule has 2 rings (SSSR count). The second-order valence-corrected chi connectivity index (χ2v) is 8.14. The number of sulfone groups is 1. The molecule has 2 aromatic carbocycles. The molecular formula is C19H23NO4S. The third-order valence-corrected chi connectivity index (χ3v) is 5.28. The van der Waals surface area contributed by atoms with E-state index in [1.54, 1.807) is 36.2 Å². The van der Waals surface area contributed by atoms with E-state index >= 15 is 0 Å². The minimum Gasteiger partial charge on any atom is -0.484 e. The van der Waals surface area contributed by atoms with Gasteiger partial charge in [-0.2, -0.15) is 0 Å². The van der Waals surface area contributed by atoms with Gasteiger partial charge in [-0.1, -0.05) is 29.8 Å². The summed E-state index contributed by atoms with van der Waals surface area (Å²) in [7, 11) is -1.52. The normalized spacial score (nSPS) is 12.5. The number of hydrogen-bond donors (Lipinski definition) is 0. The minimum absolute atomic E-state index is 0.0503. The molecule has 0 aliphatic heterocycles. The fourth-order valence-electron chi connectivity index (χ4n) is 2.31. The number of likely N-dealkylation sites (N-methyl/N-ethyl adjacent to an activating group) is 1. The summed E-state index contributed by atoms with van der Waals surface area (Å²) in [5.74, 6) is 0.498. The Balaban J connectivity index is 1.99. The van der Waals surface area contributed by atoms with Crippen molar-refractivity contribution in [3.63, 3.8) is 0 Å². The van der Waals surface area contributed by atoms with E-state index in [1.807, 2.05) is 38.1 Å². The Morgan fingerprint density at radius 1 is 1.08 bits per heavy atom. The van der Waals surface area contributed by atoms with Gasteiger partial charge in [-0.05, 0) is 43.7 Å². The summed E-state index contributed by atoms with van der Waals surface area (Å²) in [5, 5.41) is 0. The van der Waals surface area contributed by atoms with Crippen molar-refractivity contribution in [1.82, 2.24) is 4.90 Å². The number of ether oxygens (including phenoxy) is 1. The first-order chi connectivity index (χ1) is 11.7. The zero-order chi connectivity index (χ0) is 18.6. The zero-order valence-electron chi connectivity index (χ0n) is 14.9. The number of nitrogens with zero attached hydrogens (tertiary/aromatic N) is 1. The average molecular weight is 361 g/mol. The monoisotopic (exact) mass is 361 g/mol. The van der Waals surface area contributed by atoms with E-state index < -0.39 is 9.84 Å². The van der Waals surface area contributed by atoms with Gasteiger partial charge < -0.3 is 9.64 Å². The number of amides is 1. The van der Waals surface area contributed by atoms with Crippen molar-refractivity contribution < 1.29 is 17.9 Å². The van der Waals surface area contributed by atoms with Crippen LogP contribution in [0.4, 0.5) is 0 Å². The molecule has 0 radical (unpaired) electrons. The lowest BCUT2D eigenvalue weighted by Gasteiger charge is -2.25. The standard InChI is InChI=1S/C19H23NO4S/c1-14-5-9-17(10-6-14)24-13-19(21)20(3)15(2)16-7-11-18(12-8-16)25(4,22)23/h5-12,15H,13H2,1-4H3. The van der Waals surface area contributed by atoms with Gasteiger partial charge in [0.15, 0.2) is 16.4 Å². The maximum absolute atomic E-state index is 12.3. The summed E-state index contributed by atoms with van der Waals surface area (Å²) in [6.07, 6.45) is 1.17. The third kappa shape index (κ3) is 5.06. The Bertz CT molecular complexity index is 827. The molecule has 0 aromatic heterocycles. The molecule has 1 unspecified atom stereocenters. The van der Waals surface area contributed by atoms with E-state index in [0.29, 0.717) is 5.75 Å². The second-order valence-electron chi connectivity index (χ2n) is 6.12. The second kappa shape index (κ2) is 7.70. The Hall–Kier alpha value is -2.34. The van der Waals surface area contributed by atoms with Gasteiger partial charge in [-0.3, -0.25) is 4.79 Å². The van der Waals surface area contributed by atoms with Crippen LogP contribution >= 0.6 is 0 Å². The lowest BCUT2D eigenvalue weighted by atomic mass is 10.1. The van der Waals surface area contributed by atoms with Gasteiger partial charge in [-0.25, -0.2) is 8.42 Å². The predicted octanol–water partition coefficient (Wildman–Crippen LogP) is 3.00. The van der Waals surface area contributed by atoms with Gasteiger partial charge in [0.1, 0.15) is 5.75 Å². The van der Waals surface area contributed by atoms with Gasteiger partial charge in [0, 0.05) is 13.3 Å². The molecule has 134 valence electrons. The first-order valence-electron chi connectivity index (χ1n) is 7.93. The SMILES string of the molecule is Cc1ccc(OCC(=O)N(C)C(C)c2ccc(S(C)(=O)=O)cc2)cc1. The molecule has 1 amide bonds. The molecule has 0 N–H and O–H groups in total. The fourth-order valence-corrected chi connectivity index (χ4v) is 2.94. The molecule has 0 saturated carbocycles. The van der Waals surface area contributed by atoms with E-state index in [1.165, 1.54) is 6.26 Å². The summed E-state index contributed by atoms with van der Waals surface area (Å²) in [6, 6.07) is 13.9. The smallest absolute Gasteiger partial charge is 0.260 e. The van der Waals surface area contributed by atoms with Gasteiger partial charge in [0.05, 0.1) is 10.9 Å². The highest BCUT2D eigenvalue weighted by Crippen LogP contribution is 2.21. The van der Waals surface area contributed by atoms with Crippen molar-refractivity contribution in [2.75, 3.05) is 19.9 Å². The van der Waals surface area contributed by atoms with Crippen LogP contribution in [0.15, 0.2) is 53.4 Å². The molecule has 5 nitrogen and oxygen atoms in total. The van der Waals surface area contributed by atoms with Crippen LogP contribution in [-0.2, 0) is 14.6 Å². The van der Waals surface area contributed by atoms with Crippen molar-refractivity contribution in [3.05, 3.63) is 59.7 Å². The van der Waals surface area contributed by atoms with Crippen LogP contribution in [0, 0.1) is 6.92 Å². The molecule has 0 saturated heterocycles. The summed E-state index contributed by atoms with van der Waals surface area (Å²) in [5.41, 5.74) is 1.99. The first kappa shape index (κ1) is 19.0. The zero-order valence-corrected chi connectivity index (χ0v) is 15.7. The Labute approximate surface area is 149 Å². The molecular weight excluding hydrogens is 338 g/mol. The maximum Gasteiger partial charge on any atom is 0.260 e. The number of hydrogen-bond acceptors (Lipinski definition) is 4. The predicted molar refractivity (Wildman–Crippen MR) is 97.4 cm³/mol. The summed E-state index contributed by atoms with van der Waals surface area (Å²) in [4.78, 5) is 14.2. The number of carbonyl (C=O) groups is 1. The van der Waals surface area contributed by atoms with Crippen LogP contribution in [0.2, 0.25) is 0 Å². The number of carbonyl (C=O) groups excluding carboxylic acids is 1.